The number of nitrogens with zero attached hydrogens (tertiary/aromatic N) is 4. The number of aryl methyl sites for hydroxylation is 1. The van der Waals surface area contributed by atoms with E-state index in [1.165, 1.54) is 0 Å². The van der Waals surface area contributed by atoms with Gasteiger partial charge in [-0.2, -0.15) is 4.98 Å². The van der Waals surface area contributed by atoms with Crippen LogP contribution in [0.15, 0.2) is 4.52 Å². The van der Waals surface area contributed by atoms with Crippen LogP contribution in [0, 0.1) is 12.8 Å². The van der Waals surface area contributed by atoms with E-state index < -0.39 is 0 Å². The summed E-state index contributed by atoms with van der Waals surface area (Å²) in [5.74, 6) is 1.77. The van der Waals surface area contributed by atoms with Crippen molar-refractivity contribution >= 4 is 5.91 Å². The van der Waals surface area contributed by atoms with Gasteiger partial charge < -0.3 is 14.2 Å². The summed E-state index contributed by atoms with van der Waals surface area (Å²) in [6.45, 7) is 8.49. The second-order valence-corrected chi connectivity index (χ2v) is 6.10. The Morgan fingerprint density at radius 2 is 1.91 bits per heavy atom. The number of hydrogen-bond acceptors (Lipinski definition) is 6. The van der Waals surface area contributed by atoms with Crippen LogP contribution < -0.4 is 0 Å². The van der Waals surface area contributed by atoms with Crippen molar-refractivity contribution in [1.82, 2.24) is 19.9 Å². The van der Waals surface area contributed by atoms with Gasteiger partial charge in [-0.3, -0.25) is 9.69 Å². The second kappa shape index (κ2) is 6.75. The molecule has 2 saturated heterocycles. The number of amides is 1. The smallest absolute Gasteiger partial charge is 0.243 e. The van der Waals surface area contributed by atoms with Gasteiger partial charge in [0.1, 0.15) is 0 Å². The summed E-state index contributed by atoms with van der Waals surface area (Å²) in [5, 5.41) is 3.85. The molecule has 3 heterocycles. The Hall–Kier alpha value is -1.47. The third kappa shape index (κ3) is 3.30. The molecule has 22 heavy (non-hydrogen) atoms. The molecule has 1 atom stereocenters. The molecule has 0 unspecified atom stereocenters. The summed E-state index contributed by atoms with van der Waals surface area (Å²) in [4.78, 5) is 21.1. The van der Waals surface area contributed by atoms with Crippen molar-refractivity contribution in [3.63, 3.8) is 0 Å². The van der Waals surface area contributed by atoms with Gasteiger partial charge in [-0.25, -0.2) is 0 Å². The fourth-order valence-corrected chi connectivity index (χ4v) is 3.21. The summed E-state index contributed by atoms with van der Waals surface area (Å²) in [7, 11) is 0. The van der Waals surface area contributed by atoms with Gasteiger partial charge >= 0.3 is 0 Å². The van der Waals surface area contributed by atoms with Gasteiger partial charge in [-0.1, -0.05) is 5.16 Å². The van der Waals surface area contributed by atoms with E-state index in [0.717, 1.165) is 39.0 Å². The molecule has 0 N–H and O–H groups in total. The van der Waals surface area contributed by atoms with Crippen LogP contribution in [0.3, 0.4) is 0 Å². The summed E-state index contributed by atoms with van der Waals surface area (Å²) in [6.07, 6.45) is 1.79. The van der Waals surface area contributed by atoms with E-state index in [2.05, 4.69) is 22.0 Å². The molecule has 7 nitrogen and oxygen atoms in total. The number of hydrogen-bond donors (Lipinski definition) is 0. The molecular weight excluding hydrogens is 284 g/mol. The lowest BCUT2D eigenvalue weighted by molar-refractivity contribution is -0.141. The first kappa shape index (κ1) is 15.4. The van der Waals surface area contributed by atoms with E-state index in [1.54, 1.807) is 0 Å². The molecule has 2 fully saturated rings. The van der Waals surface area contributed by atoms with E-state index in [1.807, 2.05) is 11.8 Å². The molecule has 2 aliphatic heterocycles. The maximum absolute atomic E-state index is 12.5. The topological polar surface area (TPSA) is 71.7 Å². The molecule has 0 aliphatic carbocycles. The Morgan fingerprint density at radius 1 is 1.23 bits per heavy atom. The van der Waals surface area contributed by atoms with E-state index in [4.69, 9.17) is 9.26 Å². The fraction of sp³-hybridized carbons (Fsp3) is 0.800. The SMILES string of the molecule is Cc1noc([C@@H](C)N2CCC(C(=O)N3CCOCC3)CC2)n1. The summed E-state index contributed by atoms with van der Waals surface area (Å²) in [6, 6.07) is 0.112. The minimum atomic E-state index is 0.112. The highest BCUT2D eigenvalue weighted by Gasteiger charge is 2.32. The molecule has 0 saturated carbocycles. The normalized spacial score (nSPS) is 22.7. The first-order valence-electron chi connectivity index (χ1n) is 8.06. The number of morpholine rings is 1. The molecule has 3 rings (SSSR count). The lowest BCUT2D eigenvalue weighted by Crippen LogP contribution is -2.47. The number of piperidine rings is 1. The van der Waals surface area contributed by atoms with Crippen molar-refractivity contribution in [3.8, 4) is 0 Å². The molecule has 0 bridgehead atoms. The minimum Gasteiger partial charge on any atom is -0.378 e. The predicted octanol–water partition coefficient (Wildman–Crippen LogP) is 1.01. The second-order valence-electron chi connectivity index (χ2n) is 6.10. The highest BCUT2D eigenvalue weighted by molar-refractivity contribution is 5.79. The molecule has 0 spiro atoms. The summed E-state index contributed by atoms with van der Waals surface area (Å²) < 4.78 is 10.6. The highest BCUT2D eigenvalue weighted by Crippen LogP contribution is 2.27. The van der Waals surface area contributed by atoms with Gasteiger partial charge in [-0.15, -0.1) is 0 Å². The van der Waals surface area contributed by atoms with Crippen molar-refractivity contribution in [2.45, 2.75) is 32.7 Å². The molecule has 0 aromatic carbocycles. The first-order chi connectivity index (χ1) is 10.6. The number of ether oxygens (including phenoxy) is 1. The zero-order valence-electron chi connectivity index (χ0n) is 13.3. The summed E-state index contributed by atoms with van der Waals surface area (Å²) >= 11 is 0. The number of carbonyl (C=O) groups is 1. The van der Waals surface area contributed by atoms with Crippen molar-refractivity contribution in [2.75, 3.05) is 39.4 Å². The average molecular weight is 308 g/mol. The third-order valence-electron chi connectivity index (χ3n) is 4.65. The van der Waals surface area contributed by atoms with Crippen molar-refractivity contribution in [3.05, 3.63) is 11.7 Å². The standard InChI is InChI=1S/C15H24N4O3/c1-11(14-16-12(2)17-22-14)18-5-3-13(4-6-18)15(20)19-7-9-21-10-8-19/h11,13H,3-10H2,1-2H3/t11-/m1/s1. The predicted molar refractivity (Wildman–Crippen MR) is 79.1 cm³/mol. The zero-order chi connectivity index (χ0) is 15.5. The lowest BCUT2D eigenvalue weighted by Gasteiger charge is -2.37. The summed E-state index contributed by atoms with van der Waals surface area (Å²) in [5.41, 5.74) is 0. The Bertz CT molecular complexity index is 505. The van der Waals surface area contributed by atoms with Crippen LogP contribution in [0.25, 0.3) is 0 Å². The van der Waals surface area contributed by atoms with E-state index >= 15 is 0 Å². The molecule has 122 valence electrons. The number of rotatable bonds is 3. The molecule has 1 aromatic rings. The molecule has 7 heteroatoms. The lowest BCUT2D eigenvalue weighted by atomic mass is 9.94. The van der Waals surface area contributed by atoms with E-state index in [0.29, 0.717) is 30.8 Å². The molecule has 1 amide bonds. The van der Waals surface area contributed by atoms with Gasteiger partial charge in [0, 0.05) is 19.0 Å². The highest BCUT2D eigenvalue weighted by atomic mass is 16.5. The maximum atomic E-state index is 12.5. The van der Waals surface area contributed by atoms with Crippen molar-refractivity contribution in [1.29, 1.82) is 0 Å². The van der Waals surface area contributed by atoms with Crippen LogP contribution in [-0.4, -0.2) is 65.2 Å². The molecular formula is C15H24N4O3. The Balaban J connectivity index is 1.52. The van der Waals surface area contributed by atoms with Gasteiger partial charge in [0.2, 0.25) is 11.8 Å². The Morgan fingerprint density at radius 3 is 2.50 bits per heavy atom. The third-order valence-corrected chi connectivity index (χ3v) is 4.65. The number of carbonyl (C=O) groups excluding carboxylic acids is 1. The number of aromatic nitrogens is 2. The van der Waals surface area contributed by atoms with Crippen LogP contribution in [-0.2, 0) is 9.53 Å². The average Bonchev–Trinajstić information content (AvgIpc) is 3.01. The Labute approximate surface area is 130 Å². The van der Waals surface area contributed by atoms with Crippen LogP contribution in [0.5, 0.6) is 0 Å². The minimum absolute atomic E-state index is 0.112. The fourth-order valence-electron chi connectivity index (χ4n) is 3.21. The van der Waals surface area contributed by atoms with Gasteiger partial charge in [-0.05, 0) is 39.8 Å². The first-order valence-corrected chi connectivity index (χ1v) is 8.06. The van der Waals surface area contributed by atoms with Crippen molar-refractivity contribution in [2.24, 2.45) is 5.92 Å². The van der Waals surface area contributed by atoms with E-state index in [-0.39, 0.29) is 12.0 Å². The quantitative estimate of drug-likeness (QED) is 0.830. The van der Waals surface area contributed by atoms with Gasteiger partial charge in [0.15, 0.2) is 5.82 Å². The molecule has 2 aliphatic rings. The molecule has 0 radical (unpaired) electrons. The largest absolute Gasteiger partial charge is 0.378 e. The van der Waals surface area contributed by atoms with Gasteiger partial charge in [0.05, 0.1) is 19.3 Å². The van der Waals surface area contributed by atoms with Crippen LogP contribution in [0.4, 0.5) is 0 Å². The van der Waals surface area contributed by atoms with Crippen LogP contribution >= 0.6 is 0 Å². The van der Waals surface area contributed by atoms with Gasteiger partial charge in [0.25, 0.3) is 0 Å². The monoisotopic (exact) mass is 308 g/mol. The van der Waals surface area contributed by atoms with Crippen LogP contribution in [0.2, 0.25) is 0 Å². The van der Waals surface area contributed by atoms with Crippen molar-refractivity contribution < 1.29 is 14.1 Å². The van der Waals surface area contributed by atoms with Crippen LogP contribution in [0.1, 0.15) is 37.5 Å². The molecule has 1 aromatic heterocycles. The Kier molecular flexibility index (Phi) is 4.73. The zero-order valence-corrected chi connectivity index (χ0v) is 13.3. The maximum Gasteiger partial charge on any atom is 0.243 e. The number of likely N-dealkylation sites (tertiary alicyclic amines) is 1. The van der Waals surface area contributed by atoms with E-state index in [9.17, 15) is 4.79 Å².